The summed E-state index contributed by atoms with van der Waals surface area (Å²) in [6.07, 6.45) is 1.35. The third-order valence-corrected chi connectivity index (χ3v) is 5.38. The third kappa shape index (κ3) is 3.12. The highest BCUT2D eigenvalue weighted by Crippen LogP contribution is 2.18. The van der Waals surface area contributed by atoms with Crippen LogP contribution < -0.4 is 4.72 Å². The molecule has 10 heteroatoms. The van der Waals surface area contributed by atoms with Gasteiger partial charge in [-0.2, -0.15) is 0 Å². The van der Waals surface area contributed by atoms with E-state index in [0.29, 0.717) is 10.6 Å². The number of aryl methyl sites for hydroxylation is 1. The molecule has 0 saturated carbocycles. The van der Waals surface area contributed by atoms with Crippen LogP contribution in [-0.4, -0.2) is 34.5 Å². The summed E-state index contributed by atoms with van der Waals surface area (Å²) in [5.41, 5.74) is 1.20. The number of sulfonamides is 1. The summed E-state index contributed by atoms with van der Waals surface area (Å²) in [4.78, 5) is 12.4. The zero-order valence-corrected chi connectivity index (χ0v) is 13.5. The van der Waals surface area contributed by atoms with E-state index in [1.807, 2.05) is 0 Å². The summed E-state index contributed by atoms with van der Waals surface area (Å²) in [5, 5.41) is 12.4. The number of amides is 1. The van der Waals surface area contributed by atoms with Crippen molar-refractivity contribution in [3.63, 3.8) is 0 Å². The number of rotatable bonds is 4. The number of hydrogen-bond donors (Lipinski definition) is 1. The number of nitrogens with one attached hydrogen (secondary N) is 1. The van der Waals surface area contributed by atoms with E-state index in [2.05, 4.69) is 20.2 Å². The summed E-state index contributed by atoms with van der Waals surface area (Å²) < 4.78 is 28.2. The smallest absolute Gasteiger partial charge is 0.267 e. The molecule has 1 aromatic carbocycles. The molecular formula is C13H11N5O3S2. The molecule has 23 heavy (non-hydrogen) atoms. The highest BCUT2D eigenvalue weighted by atomic mass is 32.2. The van der Waals surface area contributed by atoms with Crippen LogP contribution in [0.4, 0.5) is 0 Å². The third-order valence-electron chi connectivity index (χ3n) is 3.04. The Morgan fingerprint density at radius 2 is 2.13 bits per heavy atom. The molecule has 2 aromatic heterocycles. The number of benzene rings is 1. The molecule has 0 aliphatic heterocycles. The second-order valence-electron chi connectivity index (χ2n) is 4.62. The van der Waals surface area contributed by atoms with Gasteiger partial charge in [-0.05, 0) is 52.6 Å². The van der Waals surface area contributed by atoms with Crippen molar-refractivity contribution < 1.29 is 13.2 Å². The fourth-order valence-corrected chi connectivity index (χ4v) is 3.79. The lowest BCUT2D eigenvalue weighted by molar-refractivity contribution is 0.0985. The number of tetrazole rings is 1. The number of carbonyl (C=O) groups excluding carboxylic acids is 1. The van der Waals surface area contributed by atoms with Crippen LogP contribution in [0.5, 0.6) is 0 Å². The van der Waals surface area contributed by atoms with Crippen LogP contribution in [0.2, 0.25) is 0 Å². The maximum absolute atomic E-state index is 12.4. The van der Waals surface area contributed by atoms with Crippen molar-refractivity contribution in [1.82, 2.24) is 24.9 Å². The van der Waals surface area contributed by atoms with E-state index in [4.69, 9.17) is 0 Å². The normalized spacial score (nSPS) is 11.3. The van der Waals surface area contributed by atoms with E-state index in [-0.39, 0.29) is 4.90 Å². The van der Waals surface area contributed by atoms with Crippen LogP contribution in [-0.2, 0) is 10.0 Å². The maximum atomic E-state index is 12.4. The minimum Gasteiger partial charge on any atom is -0.267 e. The highest BCUT2D eigenvalue weighted by Gasteiger charge is 2.21. The molecule has 0 bridgehead atoms. The van der Waals surface area contributed by atoms with E-state index < -0.39 is 15.9 Å². The van der Waals surface area contributed by atoms with Crippen LogP contribution in [0.3, 0.4) is 0 Å². The van der Waals surface area contributed by atoms with Gasteiger partial charge in [0.15, 0.2) is 0 Å². The highest BCUT2D eigenvalue weighted by molar-refractivity contribution is 7.90. The van der Waals surface area contributed by atoms with Gasteiger partial charge in [-0.15, -0.1) is 16.4 Å². The molecule has 1 amide bonds. The first-order chi connectivity index (χ1) is 11.0. The Morgan fingerprint density at radius 1 is 1.30 bits per heavy atom. The average Bonchev–Trinajstić information content (AvgIpc) is 3.18. The molecule has 0 atom stereocenters. The Labute approximate surface area is 135 Å². The molecule has 3 aromatic rings. The standard InChI is InChI=1S/C13H11N5O3S2/c1-9-5-6-22-12(9)13(19)15-23(20,21)11-4-2-3-10(7-11)18-8-14-16-17-18/h2-8H,1H3,(H,15,19). The summed E-state index contributed by atoms with van der Waals surface area (Å²) in [7, 11) is -3.99. The second-order valence-corrected chi connectivity index (χ2v) is 7.22. The van der Waals surface area contributed by atoms with Crippen LogP contribution in [0.25, 0.3) is 5.69 Å². The van der Waals surface area contributed by atoms with Crippen molar-refractivity contribution in [2.75, 3.05) is 0 Å². The molecular weight excluding hydrogens is 338 g/mol. The Kier molecular flexibility index (Phi) is 3.92. The second kappa shape index (κ2) is 5.89. The van der Waals surface area contributed by atoms with Gasteiger partial charge in [0.2, 0.25) is 0 Å². The fourth-order valence-electron chi connectivity index (χ4n) is 1.91. The van der Waals surface area contributed by atoms with Gasteiger partial charge < -0.3 is 0 Å². The molecule has 3 rings (SSSR count). The van der Waals surface area contributed by atoms with Gasteiger partial charge >= 0.3 is 0 Å². The van der Waals surface area contributed by atoms with Crippen molar-refractivity contribution in [3.05, 3.63) is 52.5 Å². The summed E-state index contributed by atoms with van der Waals surface area (Å²) >= 11 is 1.19. The summed E-state index contributed by atoms with van der Waals surface area (Å²) in [6, 6.07) is 7.73. The number of aromatic nitrogens is 4. The quantitative estimate of drug-likeness (QED) is 0.757. The Hall–Kier alpha value is -2.59. The van der Waals surface area contributed by atoms with Crippen molar-refractivity contribution in [3.8, 4) is 5.69 Å². The minimum absolute atomic E-state index is 0.0481. The monoisotopic (exact) mass is 349 g/mol. The zero-order valence-electron chi connectivity index (χ0n) is 11.9. The number of hydrogen-bond acceptors (Lipinski definition) is 7. The van der Waals surface area contributed by atoms with Crippen LogP contribution in [0.1, 0.15) is 15.2 Å². The van der Waals surface area contributed by atoms with Crippen molar-refractivity contribution in [2.45, 2.75) is 11.8 Å². The lowest BCUT2D eigenvalue weighted by Gasteiger charge is -2.08. The first-order valence-corrected chi connectivity index (χ1v) is 8.78. The van der Waals surface area contributed by atoms with Gasteiger partial charge in [0.25, 0.3) is 15.9 Å². The molecule has 0 fully saturated rings. The molecule has 0 saturated heterocycles. The minimum atomic E-state index is -3.99. The molecule has 0 aliphatic carbocycles. The number of carbonyl (C=O) groups is 1. The molecule has 0 aliphatic rings. The van der Waals surface area contributed by atoms with E-state index in [9.17, 15) is 13.2 Å². The fraction of sp³-hybridized carbons (Fsp3) is 0.0769. The lowest BCUT2D eigenvalue weighted by atomic mass is 10.3. The van der Waals surface area contributed by atoms with E-state index in [1.165, 1.54) is 34.5 Å². The molecule has 0 radical (unpaired) electrons. The van der Waals surface area contributed by atoms with Gasteiger partial charge in [-0.25, -0.2) is 17.8 Å². The first-order valence-electron chi connectivity index (χ1n) is 6.42. The maximum Gasteiger partial charge on any atom is 0.275 e. The van der Waals surface area contributed by atoms with Gasteiger partial charge in [0, 0.05) is 0 Å². The largest absolute Gasteiger partial charge is 0.275 e. The Bertz CT molecular complexity index is 948. The molecule has 0 spiro atoms. The summed E-state index contributed by atoms with van der Waals surface area (Å²) in [6.45, 7) is 1.75. The van der Waals surface area contributed by atoms with Crippen molar-refractivity contribution in [2.24, 2.45) is 0 Å². The van der Waals surface area contributed by atoms with Crippen LogP contribution in [0.15, 0.2) is 46.9 Å². The SMILES string of the molecule is Cc1ccsc1C(=O)NS(=O)(=O)c1cccc(-n2cnnn2)c1. The van der Waals surface area contributed by atoms with Crippen molar-refractivity contribution in [1.29, 1.82) is 0 Å². The average molecular weight is 349 g/mol. The Morgan fingerprint density at radius 3 is 2.78 bits per heavy atom. The molecule has 8 nitrogen and oxygen atoms in total. The number of thiophene rings is 1. The molecule has 1 N–H and O–H groups in total. The van der Waals surface area contributed by atoms with E-state index >= 15 is 0 Å². The van der Waals surface area contributed by atoms with E-state index in [1.54, 1.807) is 30.5 Å². The molecule has 118 valence electrons. The van der Waals surface area contributed by atoms with Crippen LogP contribution >= 0.6 is 11.3 Å². The molecule has 0 unspecified atom stereocenters. The first kappa shape index (κ1) is 15.3. The van der Waals surface area contributed by atoms with Crippen molar-refractivity contribution >= 4 is 27.3 Å². The molecule has 2 heterocycles. The predicted molar refractivity (Wildman–Crippen MR) is 82.9 cm³/mol. The predicted octanol–water partition coefficient (Wildman–Crippen LogP) is 1.15. The topological polar surface area (TPSA) is 107 Å². The van der Waals surface area contributed by atoms with Crippen LogP contribution in [0, 0.1) is 6.92 Å². The van der Waals surface area contributed by atoms with Gasteiger partial charge in [-0.1, -0.05) is 6.07 Å². The van der Waals surface area contributed by atoms with Gasteiger partial charge in [0.1, 0.15) is 6.33 Å². The zero-order chi connectivity index (χ0) is 16.4. The lowest BCUT2D eigenvalue weighted by Crippen LogP contribution is -2.30. The van der Waals surface area contributed by atoms with Gasteiger partial charge in [-0.3, -0.25) is 4.79 Å². The van der Waals surface area contributed by atoms with Gasteiger partial charge in [0.05, 0.1) is 15.5 Å². The van der Waals surface area contributed by atoms with E-state index in [0.717, 1.165) is 5.56 Å². The summed E-state index contributed by atoms with van der Waals surface area (Å²) in [5.74, 6) is -0.648. The number of nitrogens with zero attached hydrogens (tertiary/aromatic N) is 4. The Balaban J connectivity index is 1.90.